The Morgan fingerprint density at radius 2 is 1.69 bits per heavy atom. The highest BCUT2D eigenvalue weighted by atomic mass is 16.5. The molecule has 0 saturated heterocycles. The maximum Gasteiger partial charge on any atom is 0.340 e. The van der Waals surface area contributed by atoms with Gasteiger partial charge in [0.15, 0.2) is 5.78 Å². The third-order valence-corrected chi connectivity index (χ3v) is 3.84. The molecule has 3 aromatic rings. The number of hydrogen-bond donors (Lipinski definition) is 1. The van der Waals surface area contributed by atoms with Crippen LogP contribution in [0.5, 0.6) is 5.75 Å². The van der Waals surface area contributed by atoms with Crippen LogP contribution in [0.1, 0.15) is 33.2 Å². The van der Waals surface area contributed by atoms with Crippen molar-refractivity contribution in [1.29, 1.82) is 0 Å². The fraction of sp³-hybridized carbons (Fsp3) is 0.0952. The molecule has 1 N–H and O–H groups in total. The van der Waals surface area contributed by atoms with E-state index in [2.05, 4.69) is 4.98 Å². The number of pyridine rings is 1. The summed E-state index contributed by atoms with van der Waals surface area (Å²) in [7, 11) is 0. The van der Waals surface area contributed by atoms with Crippen LogP contribution in [0, 0.1) is 0 Å². The van der Waals surface area contributed by atoms with Crippen LogP contribution in [0.15, 0.2) is 66.9 Å². The Hall–Kier alpha value is -3.47. The van der Waals surface area contributed by atoms with Crippen molar-refractivity contribution in [3.05, 3.63) is 83.6 Å². The van der Waals surface area contributed by atoms with Crippen molar-refractivity contribution in [3.63, 3.8) is 0 Å². The highest BCUT2D eigenvalue weighted by Crippen LogP contribution is 2.25. The Morgan fingerprint density at radius 3 is 2.38 bits per heavy atom. The van der Waals surface area contributed by atoms with Gasteiger partial charge in [0.05, 0.1) is 23.4 Å². The minimum absolute atomic E-state index is 0.123. The van der Waals surface area contributed by atoms with Crippen LogP contribution < -0.4 is 0 Å². The molecule has 0 aliphatic rings. The second-order valence-corrected chi connectivity index (χ2v) is 5.55. The van der Waals surface area contributed by atoms with Crippen molar-refractivity contribution in [2.75, 3.05) is 6.61 Å². The number of aromatic hydroxyl groups is 1. The number of rotatable bonds is 5. The lowest BCUT2D eigenvalue weighted by Crippen LogP contribution is -2.11. The summed E-state index contributed by atoms with van der Waals surface area (Å²) in [6.45, 7) is 1.93. The number of carbonyl (C=O) groups excluding carboxylic acids is 2. The van der Waals surface area contributed by atoms with Crippen LogP contribution in [-0.4, -0.2) is 28.4 Å². The van der Waals surface area contributed by atoms with E-state index in [0.29, 0.717) is 5.69 Å². The SMILES string of the molecule is CCOC(=O)c1cc(C(=O)c2ccccc2O)cnc1-c1ccccc1. The van der Waals surface area contributed by atoms with Gasteiger partial charge in [-0.3, -0.25) is 9.78 Å². The maximum absolute atomic E-state index is 12.7. The monoisotopic (exact) mass is 347 g/mol. The molecule has 0 saturated carbocycles. The molecule has 2 aromatic carbocycles. The first-order chi connectivity index (χ1) is 12.6. The van der Waals surface area contributed by atoms with E-state index in [0.717, 1.165) is 5.56 Å². The second kappa shape index (κ2) is 7.61. The summed E-state index contributed by atoms with van der Waals surface area (Å²) in [5.74, 6) is -1.09. The number of phenols is 1. The van der Waals surface area contributed by atoms with E-state index < -0.39 is 11.8 Å². The van der Waals surface area contributed by atoms with E-state index in [9.17, 15) is 14.7 Å². The van der Waals surface area contributed by atoms with Crippen molar-refractivity contribution >= 4 is 11.8 Å². The number of ketones is 1. The number of phenolic OH excluding ortho intramolecular Hbond substituents is 1. The summed E-state index contributed by atoms with van der Waals surface area (Å²) in [6.07, 6.45) is 1.40. The number of esters is 1. The molecule has 0 atom stereocenters. The van der Waals surface area contributed by atoms with Crippen molar-refractivity contribution in [1.82, 2.24) is 4.98 Å². The molecule has 0 spiro atoms. The quantitative estimate of drug-likeness (QED) is 0.560. The standard InChI is InChI=1S/C21H17NO4/c1-2-26-21(25)17-12-15(20(24)16-10-6-7-11-18(16)23)13-22-19(17)14-8-4-3-5-9-14/h3-13,23H,2H2,1H3. The number of carbonyl (C=O) groups is 2. The van der Waals surface area contributed by atoms with E-state index in [-0.39, 0.29) is 29.0 Å². The molecule has 0 aliphatic carbocycles. The van der Waals surface area contributed by atoms with Gasteiger partial charge in [0.1, 0.15) is 5.75 Å². The molecular formula is C21H17NO4. The van der Waals surface area contributed by atoms with Crippen LogP contribution in [0.3, 0.4) is 0 Å². The minimum atomic E-state index is -0.550. The Bertz CT molecular complexity index is 951. The van der Waals surface area contributed by atoms with Gasteiger partial charge < -0.3 is 9.84 Å². The van der Waals surface area contributed by atoms with Crippen LogP contribution in [0.2, 0.25) is 0 Å². The van der Waals surface area contributed by atoms with E-state index in [1.165, 1.54) is 24.4 Å². The third kappa shape index (κ3) is 3.47. The fourth-order valence-corrected chi connectivity index (χ4v) is 2.60. The number of benzene rings is 2. The zero-order valence-electron chi connectivity index (χ0n) is 14.2. The van der Waals surface area contributed by atoms with Crippen molar-refractivity contribution in [2.24, 2.45) is 0 Å². The van der Waals surface area contributed by atoms with Gasteiger partial charge in [-0.1, -0.05) is 42.5 Å². The summed E-state index contributed by atoms with van der Waals surface area (Å²) >= 11 is 0. The number of aromatic nitrogens is 1. The number of nitrogens with zero attached hydrogens (tertiary/aromatic N) is 1. The predicted octanol–water partition coefficient (Wildman–Crippen LogP) is 3.86. The van der Waals surface area contributed by atoms with Gasteiger partial charge in [0.2, 0.25) is 0 Å². The van der Waals surface area contributed by atoms with E-state index in [4.69, 9.17) is 4.74 Å². The van der Waals surface area contributed by atoms with E-state index in [1.807, 2.05) is 30.3 Å². The third-order valence-electron chi connectivity index (χ3n) is 3.84. The predicted molar refractivity (Wildman–Crippen MR) is 97.2 cm³/mol. The molecule has 0 fully saturated rings. The van der Waals surface area contributed by atoms with Crippen molar-refractivity contribution in [2.45, 2.75) is 6.92 Å². The first kappa shape index (κ1) is 17.4. The molecule has 0 unspecified atom stereocenters. The summed E-state index contributed by atoms with van der Waals surface area (Å²) in [5, 5.41) is 9.90. The molecule has 5 nitrogen and oxygen atoms in total. The fourth-order valence-electron chi connectivity index (χ4n) is 2.60. The van der Waals surface area contributed by atoms with Crippen molar-refractivity contribution in [3.8, 4) is 17.0 Å². The summed E-state index contributed by atoms with van der Waals surface area (Å²) in [6, 6.07) is 16.9. The molecule has 1 aromatic heterocycles. The first-order valence-electron chi connectivity index (χ1n) is 8.17. The molecule has 130 valence electrons. The van der Waals surface area contributed by atoms with Gasteiger partial charge in [0.25, 0.3) is 0 Å². The van der Waals surface area contributed by atoms with Crippen LogP contribution in [0.25, 0.3) is 11.3 Å². The summed E-state index contributed by atoms with van der Waals surface area (Å²) < 4.78 is 5.11. The number of para-hydroxylation sites is 1. The Kier molecular flexibility index (Phi) is 5.08. The average molecular weight is 347 g/mol. The van der Waals surface area contributed by atoms with E-state index >= 15 is 0 Å². The Morgan fingerprint density at radius 1 is 1.00 bits per heavy atom. The molecule has 26 heavy (non-hydrogen) atoms. The molecule has 0 amide bonds. The zero-order valence-corrected chi connectivity index (χ0v) is 14.2. The molecular weight excluding hydrogens is 330 g/mol. The molecule has 5 heteroatoms. The highest BCUT2D eigenvalue weighted by molar-refractivity contribution is 6.11. The van der Waals surface area contributed by atoms with Crippen LogP contribution >= 0.6 is 0 Å². The molecule has 0 bridgehead atoms. The topological polar surface area (TPSA) is 76.5 Å². The lowest BCUT2D eigenvalue weighted by molar-refractivity contribution is 0.0527. The number of hydrogen-bond acceptors (Lipinski definition) is 5. The van der Waals surface area contributed by atoms with Gasteiger partial charge in [-0.15, -0.1) is 0 Å². The van der Waals surface area contributed by atoms with E-state index in [1.54, 1.807) is 19.1 Å². The average Bonchev–Trinajstić information content (AvgIpc) is 2.68. The zero-order chi connectivity index (χ0) is 18.5. The summed E-state index contributed by atoms with van der Waals surface area (Å²) in [4.78, 5) is 29.4. The lowest BCUT2D eigenvalue weighted by atomic mass is 9.99. The lowest BCUT2D eigenvalue weighted by Gasteiger charge is -2.10. The minimum Gasteiger partial charge on any atom is -0.507 e. The van der Waals surface area contributed by atoms with Crippen LogP contribution in [0.4, 0.5) is 0 Å². The molecule has 1 heterocycles. The van der Waals surface area contributed by atoms with Gasteiger partial charge in [-0.05, 0) is 25.1 Å². The number of ether oxygens (including phenoxy) is 1. The highest BCUT2D eigenvalue weighted by Gasteiger charge is 2.20. The normalized spacial score (nSPS) is 10.3. The first-order valence-corrected chi connectivity index (χ1v) is 8.17. The second-order valence-electron chi connectivity index (χ2n) is 5.55. The molecule has 0 radical (unpaired) electrons. The molecule has 3 rings (SSSR count). The largest absolute Gasteiger partial charge is 0.507 e. The summed E-state index contributed by atoms with van der Waals surface area (Å²) in [5.41, 5.74) is 1.75. The smallest absolute Gasteiger partial charge is 0.340 e. The van der Waals surface area contributed by atoms with Gasteiger partial charge in [-0.25, -0.2) is 4.79 Å². The Labute approximate surface area is 150 Å². The van der Waals surface area contributed by atoms with Gasteiger partial charge in [0, 0.05) is 17.3 Å². The van der Waals surface area contributed by atoms with Gasteiger partial charge >= 0.3 is 5.97 Å². The maximum atomic E-state index is 12.7. The molecule has 0 aliphatic heterocycles. The van der Waals surface area contributed by atoms with Gasteiger partial charge in [-0.2, -0.15) is 0 Å². The van der Waals surface area contributed by atoms with Crippen molar-refractivity contribution < 1.29 is 19.4 Å². The van der Waals surface area contributed by atoms with Crippen LogP contribution in [-0.2, 0) is 4.74 Å². The Balaban J connectivity index is 2.09.